The fourth-order valence-corrected chi connectivity index (χ4v) is 2.81. The fourth-order valence-electron chi connectivity index (χ4n) is 2.43. The van der Waals surface area contributed by atoms with Crippen LogP contribution in [0.25, 0.3) is 0 Å². The van der Waals surface area contributed by atoms with Crippen molar-refractivity contribution >= 4 is 17.7 Å². The SMILES string of the molecule is N#CC1CCCN(C(=O)OCc2ccccc2)C1CCl. The number of likely N-dealkylation sites (tertiary alicyclic amines) is 1. The van der Waals surface area contributed by atoms with E-state index in [4.69, 9.17) is 21.6 Å². The molecule has 2 rings (SSSR count). The zero-order valence-electron chi connectivity index (χ0n) is 11.2. The molecule has 106 valence electrons. The smallest absolute Gasteiger partial charge is 0.410 e. The number of hydrogen-bond donors (Lipinski definition) is 0. The maximum absolute atomic E-state index is 12.1. The van der Waals surface area contributed by atoms with E-state index in [-0.39, 0.29) is 30.5 Å². The van der Waals surface area contributed by atoms with Crippen LogP contribution in [-0.4, -0.2) is 29.5 Å². The lowest BCUT2D eigenvalue weighted by atomic mass is 9.92. The van der Waals surface area contributed by atoms with Crippen molar-refractivity contribution in [3.05, 3.63) is 35.9 Å². The Hall–Kier alpha value is -1.73. The van der Waals surface area contributed by atoms with Crippen molar-refractivity contribution in [2.24, 2.45) is 5.92 Å². The Kier molecular flexibility index (Phi) is 5.25. The molecule has 2 atom stereocenters. The van der Waals surface area contributed by atoms with E-state index in [1.54, 1.807) is 4.90 Å². The van der Waals surface area contributed by atoms with Crippen LogP contribution in [-0.2, 0) is 11.3 Å². The second-order valence-corrected chi connectivity index (χ2v) is 5.14. The van der Waals surface area contributed by atoms with Crippen LogP contribution in [0.5, 0.6) is 0 Å². The molecule has 0 radical (unpaired) electrons. The highest BCUT2D eigenvalue weighted by Crippen LogP contribution is 2.25. The highest BCUT2D eigenvalue weighted by atomic mass is 35.5. The van der Waals surface area contributed by atoms with E-state index in [1.165, 1.54) is 0 Å². The van der Waals surface area contributed by atoms with Crippen LogP contribution in [0.1, 0.15) is 18.4 Å². The Balaban J connectivity index is 1.95. The van der Waals surface area contributed by atoms with Gasteiger partial charge in [-0.15, -0.1) is 11.6 Å². The van der Waals surface area contributed by atoms with Crippen LogP contribution >= 0.6 is 11.6 Å². The van der Waals surface area contributed by atoms with E-state index in [2.05, 4.69) is 6.07 Å². The average Bonchev–Trinajstić information content (AvgIpc) is 2.52. The van der Waals surface area contributed by atoms with Crippen molar-refractivity contribution < 1.29 is 9.53 Å². The van der Waals surface area contributed by atoms with Gasteiger partial charge < -0.3 is 9.64 Å². The Labute approximate surface area is 123 Å². The molecule has 1 aliphatic heterocycles. The number of ether oxygens (including phenoxy) is 1. The number of nitriles is 1. The molecule has 0 N–H and O–H groups in total. The summed E-state index contributed by atoms with van der Waals surface area (Å²) in [7, 11) is 0. The molecule has 0 bridgehead atoms. The predicted octanol–water partition coefficient (Wildman–Crippen LogP) is 3.17. The van der Waals surface area contributed by atoms with Gasteiger partial charge in [0, 0.05) is 12.4 Å². The number of amides is 1. The molecule has 0 aliphatic carbocycles. The van der Waals surface area contributed by atoms with Gasteiger partial charge in [-0.3, -0.25) is 0 Å². The minimum absolute atomic E-state index is 0.203. The largest absolute Gasteiger partial charge is 0.445 e. The Morgan fingerprint density at radius 3 is 2.85 bits per heavy atom. The molecule has 5 heteroatoms. The molecule has 2 unspecified atom stereocenters. The fraction of sp³-hybridized carbons (Fsp3) is 0.467. The van der Waals surface area contributed by atoms with E-state index in [9.17, 15) is 4.79 Å². The molecule has 1 fully saturated rings. The number of carbonyl (C=O) groups is 1. The van der Waals surface area contributed by atoms with Gasteiger partial charge in [-0.1, -0.05) is 30.3 Å². The van der Waals surface area contributed by atoms with Gasteiger partial charge in [0.05, 0.1) is 18.0 Å². The molecule has 0 saturated carbocycles. The highest BCUT2D eigenvalue weighted by molar-refractivity contribution is 6.18. The normalized spacial score (nSPS) is 22.1. The maximum atomic E-state index is 12.1. The third-order valence-electron chi connectivity index (χ3n) is 3.54. The van der Waals surface area contributed by atoms with Crippen LogP contribution in [0, 0.1) is 17.2 Å². The zero-order valence-corrected chi connectivity index (χ0v) is 11.9. The van der Waals surface area contributed by atoms with Gasteiger partial charge in [-0.25, -0.2) is 4.79 Å². The lowest BCUT2D eigenvalue weighted by Gasteiger charge is -2.36. The third-order valence-corrected chi connectivity index (χ3v) is 3.86. The minimum Gasteiger partial charge on any atom is -0.445 e. The summed E-state index contributed by atoms with van der Waals surface area (Å²) in [6.07, 6.45) is 1.21. The number of benzene rings is 1. The molecule has 20 heavy (non-hydrogen) atoms. The first-order valence-corrected chi connectivity index (χ1v) is 7.22. The monoisotopic (exact) mass is 292 g/mol. The first kappa shape index (κ1) is 14.7. The summed E-state index contributed by atoms with van der Waals surface area (Å²) in [4.78, 5) is 13.7. The minimum atomic E-state index is -0.389. The van der Waals surface area contributed by atoms with Crippen LogP contribution in [0.15, 0.2) is 30.3 Å². The van der Waals surface area contributed by atoms with Crippen molar-refractivity contribution in [1.29, 1.82) is 5.26 Å². The standard InChI is InChI=1S/C15H17ClN2O2/c16-9-14-13(10-17)7-4-8-18(14)15(19)20-11-12-5-2-1-3-6-12/h1-3,5-6,13-14H,4,7-9,11H2. The van der Waals surface area contributed by atoms with Gasteiger partial charge in [0.1, 0.15) is 6.61 Å². The number of alkyl halides is 1. The van der Waals surface area contributed by atoms with Gasteiger partial charge in [-0.05, 0) is 18.4 Å². The second kappa shape index (κ2) is 7.16. The Morgan fingerprint density at radius 1 is 1.45 bits per heavy atom. The van der Waals surface area contributed by atoms with E-state index in [1.807, 2.05) is 30.3 Å². The molecule has 1 aromatic rings. The molecule has 1 heterocycles. The average molecular weight is 293 g/mol. The van der Waals surface area contributed by atoms with Crippen LogP contribution < -0.4 is 0 Å². The van der Waals surface area contributed by atoms with E-state index in [0.29, 0.717) is 6.54 Å². The number of hydrogen-bond acceptors (Lipinski definition) is 3. The van der Waals surface area contributed by atoms with Crippen LogP contribution in [0.4, 0.5) is 4.79 Å². The summed E-state index contributed by atoms with van der Waals surface area (Å²) in [5.41, 5.74) is 0.942. The van der Waals surface area contributed by atoms with Gasteiger partial charge in [0.15, 0.2) is 0 Å². The summed E-state index contributed by atoms with van der Waals surface area (Å²) in [5, 5.41) is 9.11. The zero-order chi connectivity index (χ0) is 14.4. The van der Waals surface area contributed by atoms with Crippen molar-refractivity contribution in [3.8, 4) is 6.07 Å². The topological polar surface area (TPSA) is 53.3 Å². The van der Waals surface area contributed by atoms with Gasteiger partial charge >= 0.3 is 6.09 Å². The Bertz CT molecular complexity index is 486. The maximum Gasteiger partial charge on any atom is 0.410 e. The molecule has 1 aliphatic rings. The summed E-state index contributed by atoms with van der Waals surface area (Å²) < 4.78 is 5.31. The van der Waals surface area contributed by atoms with Crippen molar-refractivity contribution in [2.45, 2.75) is 25.5 Å². The number of halogens is 1. The number of piperidine rings is 1. The van der Waals surface area contributed by atoms with E-state index < -0.39 is 0 Å². The van der Waals surface area contributed by atoms with Gasteiger partial charge in [0.25, 0.3) is 0 Å². The van der Waals surface area contributed by atoms with Gasteiger partial charge in [-0.2, -0.15) is 5.26 Å². The molecular formula is C15H17ClN2O2. The molecule has 1 amide bonds. The summed E-state index contributed by atoms with van der Waals surface area (Å²) in [6.45, 7) is 0.839. The quantitative estimate of drug-likeness (QED) is 0.804. The van der Waals surface area contributed by atoms with Crippen LogP contribution in [0.2, 0.25) is 0 Å². The summed E-state index contributed by atoms with van der Waals surface area (Å²) in [6, 6.07) is 11.5. The molecular weight excluding hydrogens is 276 g/mol. The van der Waals surface area contributed by atoms with E-state index >= 15 is 0 Å². The third kappa shape index (κ3) is 3.43. The molecule has 4 nitrogen and oxygen atoms in total. The molecule has 1 aromatic carbocycles. The first-order chi connectivity index (χ1) is 9.76. The second-order valence-electron chi connectivity index (χ2n) is 4.83. The lowest BCUT2D eigenvalue weighted by Crippen LogP contribution is -2.49. The summed E-state index contributed by atoms with van der Waals surface area (Å²) in [5.74, 6) is 0.0593. The first-order valence-electron chi connectivity index (χ1n) is 6.69. The van der Waals surface area contributed by atoms with Gasteiger partial charge in [0.2, 0.25) is 0 Å². The van der Waals surface area contributed by atoms with Crippen molar-refractivity contribution in [1.82, 2.24) is 4.90 Å². The Morgan fingerprint density at radius 2 is 2.20 bits per heavy atom. The number of carbonyl (C=O) groups excluding carboxylic acids is 1. The lowest BCUT2D eigenvalue weighted by molar-refractivity contribution is 0.0637. The molecule has 0 spiro atoms. The van der Waals surface area contributed by atoms with Crippen molar-refractivity contribution in [3.63, 3.8) is 0 Å². The van der Waals surface area contributed by atoms with E-state index in [0.717, 1.165) is 18.4 Å². The summed E-state index contributed by atoms with van der Waals surface area (Å²) >= 11 is 5.91. The van der Waals surface area contributed by atoms with Crippen molar-refractivity contribution in [2.75, 3.05) is 12.4 Å². The number of rotatable bonds is 3. The number of nitrogens with zero attached hydrogens (tertiary/aromatic N) is 2. The highest BCUT2D eigenvalue weighted by Gasteiger charge is 2.34. The molecule has 0 aromatic heterocycles. The predicted molar refractivity (Wildman–Crippen MR) is 76.2 cm³/mol. The molecule has 1 saturated heterocycles. The van der Waals surface area contributed by atoms with Crippen LogP contribution in [0.3, 0.4) is 0 Å².